The average Bonchev–Trinajstić information content (AvgIpc) is 3.05. The van der Waals surface area contributed by atoms with E-state index in [1.165, 1.54) is 4.90 Å². The Labute approximate surface area is 191 Å². The molecule has 0 aliphatic carbocycles. The molecule has 0 atom stereocenters. The summed E-state index contributed by atoms with van der Waals surface area (Å²) in [4.78, 5) is 28.5. The maximum absolute atomic E-state index is 11.5. The lowest BCUT2D eigenvalue weighted by molar-refractivity contribution is 0.0878. The number of aryl methyl sites for hydroxylation is 1. The number of carboxylic acid groups (broad SMARTS) is 1. The Morgan fingerprint density at radius 2 is 2.00 bits per heavy atom. The van der Waals surface area contributed by atoms with Crippen LogP contribution in [0.25, 0.3) is 21.9 Å². The first kappa shape index (κ1) is 23.3. The molecule has 0 saturated heterocycles. The lowest BCUT2D eigenvalue weighted by atomic mass is 10.1. The fourth-order valence-electron chi connectivity index (χ4n) is 3.63. The van der Waals surface area contributed by atoms with Gasteiger partial charge in [0.05, 0.1) is 11.7 Å². The molecule has 1 N–H and O–H groups in total. The van der Waals surface area contributed by atoms with Crippen LogP contribution in [0.2, 0.25) is 0 Å². The Morgan fingerprint density at radius 1 is 1.23 bits per heavy atom. The predicted molar refractivity (Wildman–Crippen MR) is 127 cm³/mol. The maximum atomic E-state index is 11.5. The van der Waals surface area contributed by atoms with Crippen molar-refractivity contribution in [2.45, 2.75) is 65.3 Å². The average molecular weight is 491 g/mol. The van der Waals surface area contributed by atoms with Crippen molar-refractivity contribution < 1.29 is 14.7 Å². The molecule has 2 aromatic heterocycles. The Balaban J connectivity index is 1.79. The number of imidazole rings is 1. The molecule has 3 rings (SSSR count). The molecule has 0 spiro atoms. The second-order valence-corrected chi connectivity index (χ2v) is 9.64. The number of fused-ring (bicyclic) bond motifs is 3. The van der Waals surface area contributed by atoms with Crippen molar-refractivity contribution in [2.24, 2.45) is 0 Å². The number of halogens is 1. The number of hydrogen-bond acceptors (Lipinski definition) is 4. The maximum Gasteiger partial charge on any atom is 0.407 e. The fourth-order valence-corrected chi connectivity index (χ4v) is 3.98. The summed E-state index contributed by atoms with van der Waals surface area (Å²) in [5.41, 5.74) is 2.23. The van der Waals surface area contributed by atoms with Crippen LogP contribution >= 0.6 is 15.9 Å². The lowest BCUT2D eigenvalue weighted by Crippen LogP contribution is -2.45. The zero-order chi connectivity index (χ0) is 22.6. The van der Waals surface area contributed by atoms with Gasteiger partial charge < -0.3 is 14.8 Å². The highest BCUT2D eigenvalue weighted by molar-refractivity contribution is 9.10. The third kappa shape index (κ3) is 5.47. The van der Waals surface area contributed by atoms with Gasteiger partial charge in [0.25, 0.3) is 0 Å². The second-order valence-electron chi connectivity index (χ2n) is 8.72. The highest BCUT2D eigenvalue weighted by Crippen LogP contribution is 2.27. The molecule has 0 radical (unpaired) electrons. The molecule has 0 fully saturated rings. The van der Waals surface area contributed by atoms with Crippen LogP contribution in [0.3, 0.4) is 0 Å². The molecule has 0 unspecified atom stereocenters. The van der Waals surface area contributed by atoms with Crippen molar-refractivity contribution in [3.63, 3.8) is 0 Å². The smallest absolute Gasteiger partial charge is 0.407 e. The van der Waals surface area contributed by atoms with Crippen molar-refractivity contribution in [1.29, 1.82) is 0 Å². The normalized spacial score (nSPS) is 11.9. The SMILES string of the molecule is CCCCc1nc2cnc3cc(Br)ccc3c2n1OCCCCN(C(=O)O)C(C)(C)C. The highest BCUT2D eigenvalue weighted by Gasteiger charge is 2.25. The number of aromatic nitrogens is 3. The van der Waals surface area contributed by atoms with Crippen LogP contribution < -0.4 is 4.84 Å². The summed E-state index contributed by atoms with van der Waals surface area (Å²) in [6, 6.07) is 6.03. The quantitative estimate of drug-likeness (QED) is 0.390. The first-order valence-corrected chi connectivity index (χ1v) is 11.6. The Bertz CT molecular complexity index is 1060. The lowest BCUT2D eigenvalue weighted by Gasteiger charge is -2.33. The van der Waals surface area contributed by atoms with E-state index in [-0.39, 0.29) is 0 Å². The standard InChI is InChI=1S/C23H31BrN4O3/c1-5-6-9-20-26-19-15-25-18-14-16(24)10-11-17(18)21(19)28(20)31-13-8-7-12-27(22(29)30)23(2,3)4/h10-11,14-15H,5-9,12-13H2,1-4H3,(H,29,30). The van der Waals surface area contributed by atoms with Crippen molar-refractivity contribution in [1.82, 2.24) is 19.6 Å². The molecule has 0 aliphatic heterocycles. The number of amides is 1. The Kier molecular flexibility index (Phi) is 7.41. The molecule has 8 heteroatoms. The number of unbranched alkanes of at least 4 members (excludes halogenated alkanes) is 2. The van der Waals surface area contributed by atoms with Crippen LogP contribution in [-0.2, 0) is 6.42 Å². The number of rotatable bonds is 9. The fraction of sp³-hybridized carbons (Fsp3) is 0.522. The van der Waals surface area contributed by atoms with Gasteiger partial charge in [0.1, 0.15) is 23.5 Å². The van der Waals surface area contributed by atoms with Crippen LogP contribution in [0, 0.1) is 0 Å². The first-order chi connectivity index (χ1) is 14.7. The first-order valence-electron chi connectivity index (χ1n) is 10.8. The molecule has 0 bridgehead atoms. The van der Waals surface area contributed by atoms with E-state index < -0.39 is 11.6 Å². The van der Waals surface area contributed by atoms with E-state index >= 15 is 0 Å². The van der Waals surface area contributed by atoms with Gasteiger partial charge in [-0.2, -0.15) is 4.73 Å². The van der Waals surface area contributed by atoms with Crippen molar-refractivity contribution in [2.75, 3.05) is 13.2 Å². The number of pyridine rings is 1. The van der Waals surface area contributed by atoms with Gasteiger partial charge in [-0.1, -0.05) is 29.3 Å². The highest BCUT2D eigenvalue weighted by atomic mass is 79.9. The van der Waals surface area contributed by atoms with Crippen LogP contribution in [-0.4, -0.2) is 49.5 Å². The number of nitrogens with zero attached hydrogens (tertiary/aromatic N) is 4. The molecule has 168 valence electrons. The Morgan fingerprint density at radius 3 is 2.68 bits per heavy atom. The van der Waals surface area contributed by atoms with Gasteiger partial charge in [0.2, 0.25) is 0 Å². The zero-order valence-electron chi connectivity index (χ0n) is 18.7. The molecule has 0 saturated carbocycles. The third-order valence-corrected chi connectivity index (χ3v) is 5.75. The van der Waals surface area contributed by atoms with Gasteiger partial charge in [-0.15, -0.1) is 0 Å². The van der Waals surface area contributed by atoms with E-state index in [4.69, 9.17) is 9.82 Å². The summed E-state index contributed by atoms with van der Waals surface area (Å²) in [6.45, 7) is 8.86. The van der Waals surface area contributed by atoms with Gasteiger partial charge in [-0.3, -0.25) is 4.98 Å². The molecule has 31 heavy (non-hydrogen) atoms. The van der Waals surface area contributed by atoms with E-state index in [1.54, 1.807) is 6.20 Å². The minimum atomic E-state index is -0.888. The minimum Gasteiger partial charge on any atom is -0.465 e. The van der Waals surface area contributed by atoms with Gasteiger partial charge in [0.15, 0.2) is 0 Å². The molecule has 3 aromatic rings. The van der Waals surface area contributed by atoms with Crippen molar-refractivity contribution in [3.05, 3.63) is 34.7 Å². The van der Waals surface area contributed by atoms with Gasteiger partial charge in [0, 0.05) is 28.4 Å². The van der Waals surface area contributed by atoms with Crippen LogP contribution in [0.5, 0.6) is 0 Å². The predicted octanol–water partition coefficient (Wildman–Crippen LogP) is 5.68. The molecule has 7 nitrogen and oxygen atoms in total. The van der Waals surface area contributed by atoms with Crippen molar-refractivity contribution >= 4 is 44.0 Å². The summed E-state index contributed by atoms with van der Waals surface area (Å²) in [6.07, 6.45) is 5.33. The second kappa shape index (κ2) is 9.85. The van der Waals surface area contributed by atoms with E-state index in [0.717, 1.165) is 64.3 Å². The van der Waals surface area contributed by atoms with Crippen LogP contribution in [0.4, 0.5) is 4.79 Å². The van der Waals surface area contributed by atoms with Gasteiger partial charge in [-0.05, 0) is 58.2 Å². The van der Waals surface area contributed by atoms with E-state index in [0.29, 0.717) is 13.2 Å². The zero-order valence-corrected chi connectivity index (χ0v) is 20.3. The molecular weight excluding hydrogens is 460 g/mol. The summed E-state index contributed by atoms with van der Waals surface area (Å²) in [7, 11) is 0. The number of carbonyl (C=O) groups is 1. The summed E-state index contributed by atoms with van der Waals surface area (Å²) in [5.74, 6) is 0.899. The van der Waals surface area contributed by atoms with Crippen LogP contribution in [0.15, 0.2) is 28.9 Å². The summed E-state index contributed by atoms with van der Waals surface area (Å²) < 4.78 is 2.84. The molecule has 1 amide bonds. The van der Waals surface area contributed by atoms with Gasteiger partial charge >= 0.3 is 6.09 Å². The van der Waals surface area contributed by atoms with E-state index in [1.807, 2.05) is 43.7 Å². The molecular formula is C23H31BrN4O3. The molecule has 0 aliphatic rings. The van der Waals surface area contributed by atoms with E-state index in [2.05, 4.69) is 27.8 Å². The van der Waals surface area contributed by atoms with Crippen molar-refractivity contribution in [3.8, 4) is 0 Å². The molecule has 2 heterocycles. The van der Waals surface area contributed by atoms with Crippen LogP contribution in [0.1, 0.15) is 59.2 Å². The minimum absolute atomic E-state index is 0.416. The summed E-state index contributed by atoms with van der Waals surface area (Å²) >= 11 is 3.51. The topological polar surface area (TPSA) is 80.5 Å². The van der Waals surface area contributed by atoms with Gasteiger partial charge in [-0.25, -0.2) is 9.78 Å². The summed E-state index contributed by atoms with van der Waals surface area (Å²) in [5, 5.41) is 10.4. The monoisotopic (exact) mass is 490 g/mol. The Hall–Kier alpha value is -2.35. The number of benzene rings is 1. The van der Waals surface area contributed by atoms with E-state index in [9.17, 15) is 9.90 Å². The largest absolute Gasteiger partial charge is 0.465 e. The molecule has 1 aromatic carbocycles. The third-order valence-electron chi connectivity index (χ3n) is 5.26. The number of hydrogen-bond donors (Lipinski definition) is 1.